The molecular weight excluding hydrogens is 335 g/mol. The molecule has 0 saturated heterocycles. The number of likely N-dealkylation sites (N-methyl/N-ethyl adjacent to an activating group) is 1. The summed E-state index contributed by atoms with van der Waals surface area (Å²) >= 11 is 12.4. The van der Waals surface area contributed by atoms with E-state index in [1.807, 2.05) is 19.0 Å². The molecule has 0 aromatic heterocycles. The Labute approximate surface area is 146 Å². The van der Waals surface area contributed by atoms with E-state index in [0.717, 1.165) is 6.54 Å². The molecule has 0 heterocycles. The molecule has 0 radical (unpaired) electrons. The summed E-state index contributed by atoms with van der Waals surface area (Å²) in [5.74, 6) is -0.589. The number of benzene rings is 1. The van der Waals surface area contributed by atoms with E-state index in [2.05, 4.69) is 5.32 Å². The van der Waals surface area contributed by atoms with E-state index in [1.54, 1.807) is 24.4 Å². The van der Waals surface area contributed by atoms with E-state index in [-0.39, 0.29) is 35.9 Å². The first-order valence-corrected chi connectivity index (χ1v) is 8.24. The summed E-state index contributed by atoms with van der Waals surface area (Å²) < 4.78 is 0. The Morgan fingerprint density at radius 2 is 1.74 bits per heavy atom. The molecule has 2 rings (SSSR count). The van der Waals surface area contributed by atoms with Crippen LogP contribution in [0.5, 0.6) is 0 Å². The Hall–Kier alpha value is -1.36. The minimum absolute atomic E-state index is 0.167. The number of nitrogens with one attached hydrogen (secondary N) is 1. The van der Waals surface area contributed by atoms with Gasteiger partial charge in [-0.3, -0.25) is 9.59 Å². The van der Waals surface area contributed by atoms with Gasteiger partial charge in [-0.05, 0) is 31.8 Å². The molecule has 1 saturated carbocycles. The second-order valence-corrected chi connectivity index (χ2v) is 6.72. The average molecular weight is 355 g/mol. The van der Waals surface area contributed by atoms with Crippen LogP contribution in [0.3, 0.4) is 0 Å². The maximum Gasteiger partial charge on any atom is 0.168 e. The first-order chi connectivity index (χ1) is 10.9. The highest BCUT2D eigenvalue weighted by atomic mass is 35.5. The van der Waals surface area contributed by atoms with E-state index < -0.39 is 0 Å². The number of hydrogen-bond donors (Lipinski definition) is 1. The SMILES string of the molecule is CN(C)CCNC=C1C(=O)CC(c2c(Cl)cccc2Cl)CC1=O. The van der Waals surface area contributed by atoms with Crippen molar-refractivity contribution in [2.24, 2.45) is 0 Å². The van der Waals surface area contributed by atoms with Gasteiger partial charge in [0.2, 0.25) is 0 Å². The lowest BCUT2D eigenvalue weighted by atomic mass is 9.80. The fourth-order valence-electron chi connectivity index (χ4n) is 2.62. The number of hydrogen-bond acceptors (Lipinski definition) is 4. The maximum absolute atomic E-state index is 12.3. The zero-order chi connectivity index (χ0) is 17.0. The lowest BCUT2D eigenvalue weighted by molar-refractivity contribution is -0.124. The van der Waals surface area contributed by atoms with Crippen LogP contribution in [-0.2, 0) is 9.59 Å². The molecule has 6 heteroatoms. The third-order valence-corrected chi connectivity index (χ3v) is 4.48. The van der Waals surface area contributed by atoms with Gasteiger partial charge >= 0.3 is 0 Å². The summed E-state index contributed by atoms with van der Waals surface area (Å²) in [5.41, 5.74) is 0.931. The molecule has 1 N–H and O–H groups in total. The fourth-order valence-corrected chi connectivity index (χ4v) is 3.33. The van der Waals surface area contributed by atoms with Crippen molar-refractivity contribution in [2.75, 3.05) is 27.2 Å². The molecule has 0 spiro atoms. The predicted molar refractivity (Wildman–Crippen MR) is 93.1 cm³/mol. The first-order valence-electron chi connectivity index (χ1n) is 7.48. The summed E-state index contributed by atoms with van der Waals surface area (Å²) in [6.45, 7) is 1.50. The topological polar surface area (TPSA) is 49.4 Å². The van der Waals surface area contributed by atoms with Crippen LogP contribution in [0.15, 0.2) is 30.0 Å². The number of ketones is 2. The summed E-state index contributed by atoms with van der Waals surface area (Å²) in [7, 11) is 3.92. The van der Waals surface area contributed by atoms with Crippen LogP contribution < -0.4 is 5.32 Å². The Balaban J connectivity index is 2.09. The van der Waals surface area contributed by atoms with Crippen molar-refractivity contribution in [1.82, 2.24) is 10.2 Å². The highest BCUT2D eigenvalue weighted by Gasteiger charge is 2.33. The Bertz CT molecular complexity index is 601. The standard InChI is InChI=1S/C17H20Cl2N2O2/c1-21(2)7-6-20-10-12-15(22)8-11(9-16(12)23)17-13(18)4-3-5-14(17)19/h3-5,10-11,20H,6-9H2,1-2H3. The third kappa shape index (κ3) is 4.56. The Morgan fingerprint density at radius 3 is 2.26 bits per heavy atom. The van der Waals surface area contributed by atoms with Gasteiger partial charge in [0.25, 0.3) is 0 Å². The van der Waals surface area contributed by atoms with Gasteiger partial charge in [0.05, 0.1) is 5.57 Å². The van der Waals surface area contributed by atoms with Gasteiger partial charge in [-0.1, -0.05) is 29.3 Å². The normalized spacial score (nSPS) is 18.5. The molecule has 1 fully saturated rings. The maximum atomic E-state index is 12.3. The second kappa shape index (κ2) is 7.95. The average Bonchev–Trinajstić information content (AvgIpc) is 2.45. The van der Waals surface area contributed by atoms with Crippen LogP contribution in [-0.4, -0.2) is 43.7 Å². The van der Waals surface area contributed by atoms with Gasteiger partial charge in [-0.25, -0.2) is 0 Å². The van der Waals surface area contributed by atoms with Gasteiger partial charge in [0.15, 0.2) is 11.6 Å². The molecule has 0 aliphatic heterocycles. The van der Waals surface area contributed by atoms with E-state index in [0.29, 0.717) is 22.2 Å². The second-order valence-electron chi connectivity index (χ2n) is 5.90. The van der Waals surface area contributed by atoms with Gasteiger partial charge in [0.1, 0.15) is 0 Å². The molecule has 0 unspecified atom stereocenters. The Morgan fingerprint density at radius 1 is 1.17 bits per heavy atom. The van der Waals surface area contributed by atoms with Crippen LogP contribution in [0.2, 0.25) is 10.0 Å². The summed E-state index contributed by atoms with van der Waals surface area (Å²) in [6, 6.07) is 5.21. The molecule has 0 bridgehead atoms. The lowest BCUT2D eigenvalue weighted by Crippen LogP contribution is -2.28. The molecule has 23 heavy (non-hydrogen) atoms. The largest absolute Gasteiger partial charge is 0.389 e. The molecule has 1 aliphatic carbocycles. The number of carbonyl (C=O) groups excluding carboxylic acids is 2. The third-order valence-electron chi connectivity index (χ3n) is 3.82. The molecule has 0 atom stereocenters. The van der Waals surface area contributed by atoms with Crippen molar-refractivity contribution < 1.29 is 9.59 Å². The number of Topliss-reactive ketones (excluding diaryl/α,β-unsaturated/α-hetero) is 2. The van der Waals surface area contributed by atoms with Crippen molar-refractivity contribution in [3.8, 4) is 0 Å². The van der Waals surface area contributed by atoms with Crippen molar-refractivity contribution in [3.63, 3.8) is 0 Å². The van der Waals surface area contributed by atoms with Gasteiger partial charge in [0, 0.05) is 48.1 Å². The van der Waals surface area contributed by atoms with Crippen LogP contribution in [0, 0.1) is 0 Å². The highest BCUT2D eigenvalue weighted by Crippen LogP contribution is 2.39. The van der Waals surface area contributed by atoms with E-state index in [4.69, 9.17) is 23.2 Å². The zero-order valence-corrected chi connectivity index (χ0v) is 14.7. The summed E-state index contributed by atoms with van der Waals surface area (Å²) in [6.07, 6.45) is 2.03. The zero-order valence-electron chi connectivity index (χ0n) is 13.2. The van der Waals surface area contributed by atoms with Crippen molar-refractivity contribution in [1.29, 1.82) is 0 Å². The predicted octanol–water partition coefficient (Wildman–Crippen LogP) is 3.04. The summed E-state index contributed by atoms with van der Waals surface area (Å²) in [5, 5.41) is 4.03. The molecule has 0 amide bonds. The van der Waals surface area contributed by atoms with Crippen LogP contribution in [0.25, 0.3) is 0 Å². The molecule has 1 aromatic carbocycles. The van der Waals surface area contributed by atoms with Crippen LogP contribution >= 0.6 is 23.2 Å². The van der Waals surface area contributed by atoms with Crippen LogP contribution in [0.1, 0.15) is 24.3 Å². The smallest absolute Gasteiger partial charge is 0.168 e. The highest BCUT2D eigenvalue weighted by molar-refractivity contribution is 6.36. The molecule has 124 valence electrons. The van der Waals surface area contributed by atoms with Gasteiger partial charge in [-0.2, -0.15) is 0 Å². The van der Waals surface area contributed by atoms with E-state index in [9.17, 15) is 9.59 Å². The summed E-state index contributed by atoms with van der Waals surface area (Å²) in [4.78, 5) is 26.6. The van der Waals surface area contributed by atoms with E-state index >= 15 is 0 Å². The molecule has 4 nitrogen and oxygen atoms in total. The van der Waals surface area contributed by atoms with Crippen molar-refractivity contribution in [3.05, 3.63) is 45.6 Å². The monoisotopic (exact) mass is 354 g/mol. The minimum atomic E-state index is -0.255. The Kier molecular flexibility index (Phi) is 6.22. The van der Waals surface area contributed by atoms with Crippen molar-refractivity contribution in [2.45, 2.75) is 18.8 Å². The minimum Gasteiger partial charge on any atom is -0.389 e. The van der Waals surface area contributed by atoms with Crippen LogP contribution in [0.4, 0.5) is 0 Å². The van der Waals surface area contributed by atoms with E-state index in [1.165, 1.54) is 0 Å². The quantitative estimate of drug-likeness (QED) is 0.501. The first kappa shape index (κ1) is 18.0. The fraction of sp³-hybridized carbons (Fsp3) is 0.412. The number of nitrogens with zero attached hydrogens (tertiary/aromatic N) is 1. The number of rotatable bonds is 5. The molecule has 1 aromatic rings. The lowest BCUT2D eigenvalue weighted by Gasteiger charge is -2.24. The number of carbonyl (C=O) groups is 2. The number of halogens is 2. The van der Waals surface area contributed by atoms with Gasteiger partial charge in [-0.15, -0.1) is 0 Å². The molecule has 1 aliphatic rings. The van der Waals surface area contributed by atoms with Gasteiger partial charge < -0.3 is 10.2 Å². The van der Waals surface area contributed by atoms with Crippen molar-refractivity contribution >= 4 is 34.8 Å². The number of allylic oxidation sites excluding steroid dienone is 1. The molecular formula is C17H20Cl2N2O2.